The molecular formula is C19H23Cl2N3O3S. The lowest BCUT2D eigenvalue weighted by molar-refractivity contribution is -0.117. The Labute approximate surface area is 176 Å². The van der Waals surface area contributed by atoms with Gasteiger partial charge in [0.15, 0.2) is 0 Å². The van der Waals surface area contributed by atoms with Crippen LogP contribution in [0.15, 0.2) is 47.4 Å². The lowest BCUT2D eigenvalue weighted by atomic mass is 10.1. The highest BCUT2D eigenvalue weighted by molar-refractivity contribution is 7.89. The van der Waals surface area contributed by atoms with E-state index in [1.165, 1.54) is 26.2 Å². The zero-order valence-corrected chi connectivity index (χ0v) is 18.4. The number of rotatable bonds is 7. The summed E-state index contributed by atoms with van der Waals surface area (Å²) in [6.45, 7) is 2.11. The lowest BCUT2D eigenvalue weighted by Crippen LogP contribution is -2.32. The number of hydrogen-bond acceptors (Lipinski definition) is 4. The van der Waals surface area contributed by atoms with Gasteiger partial charge >= 0.3 is 0 Å². The van der Waals surface area contributed by atoms with Gasteiger partial charge in [0, 0.05) is 30.8 Å². The molecule has 6 nitrogen and oxygen atoms in total. The summed E-state index contributed by atoms with van der Waals surface area (Å²) in [6, 6.07) is 11.8. The maximum atomic E-state index is 12.4. The lowest BCUT2D eigenvalue weighted by Gasteiger charge is -2.24. The first-order valence-electron chi connectivity index (χ1n) is 8.50. The van der Waals surface area contributed by atoms with Gasteiger partial charge in [-0.1, -0.05) is 35.3 Å². The van der Waals surface area contributed by atoms with Crippen LogP contribution in [0.5, 0.6) is 0 Å². The smallest absolute Gasteiger partial charge is 0.244 e. The number of hydrogen-bond donors (Lipinski definition) is 1. The predicted octanol–water partition coefficient (Wildman–Crippen LogP) is 3.88. The third-order valence-electron chi connectivity index (χ3n) is 4.38. The maximum Gasteiger partial charge on any atom is 0.244 e. The monoisotopic (exact) mass is 443 g/mol. The minimum absolute atomic E-state index is 0.00193. The standard InChI is InChI=1S/C19H23Cl2N3O3S/c1-13(14-5-7-15(20)8-6-14)24(4)12-19(25)22-16-9-10-17(21)18(11-16)28(26,27)23(2)3/h5-11,13H,12H2,1-4H3,(H,22,25). The van der Waals surface area contributed by atoms with Crippen LogP contribution in [-0.2, 0) is 14.8 Å². The van der Waals surface area contributed by atoms with Crippen LogP contribution in [0.2, 0.25) is 10.0 Å². The second kappa shape index (κ2) is 9.24. The van der Waals surface area contributed by atoms with Gasteiger partial charge in [-0.3, -0.25) is 9.69 Å². The van der Waals surface area contributed by atoms with E-state index in [9.17, 15) is 13.2 Å². The number of benzene rings is 2. The van der Waals surface area contributed by atoms with Gasteiger partial charge in [0.25, 0.3) is 0 Å². The maximum absolute atomic E-state index is 12.4. The molecule has 0 radical (unpaired) electrons. The van der Waals surface area contributed by atoms with Crippen molar-refractivity contribution in [2.75, 3.05) is 33.0 Å². The molecule has 0 aliphatic rings. The largest absolute Gasteiger partial charge is 0.325 e. The van der Waals surface area contributed by atoms with Crippen LogP contribution in [0.3, 0.4) is 0 Å². The van der Waals surface area contributed by atoms with Gasteiger partial charge in [-0.05, 0) is 49.9 Å². The molecule has 0 spiro atoms. The number of carbonyl (C=O) groups excluding carboxylic acids is 1. The van der Waals surface area contributed by atoms with Gasteiger partial charge in [0.2, 0.25) is 15.9 Å². The molecule has 1 N–H and O–H groups in total. The molecule has 1 unspecified atom stereocenters. The van der Waals surface area contributed by atoms with Crippen molar-refractivity contribution in [3.05, 3.63) is 58.1 Å². The van der Waals surface area contributed by atoms with Gasteiger partial charge in [-0.25, -0.2) is 12.7 Å². The van der Waals surface area contributed by atoms with E-state index >= 15 is 0 Å². The van der Waals surface area contributed by atoms with Crippen molar-refractivity contribution >= 4 is 44.8 Å². The molecule has 28 heavy (non-hydrogen) atoms. The van der Waals surface area contributed by atoms with Crippen molar-refractivity contribution in [3.63, 3.8) is 0 Å². The molecular weight excluding hydrogens is 421 g/mol. The number of amides is 1. The van der Waals surface area contributed by atoms with E-state index in [4.69, 9.17) is 23.2 Å². The van der Waals surface area contributed by atoms with Crippen molar-refractivity contribution in [1.82, 2.24) is 9.21 Å². The Bertz CT molecular complexity index is 947. The molecule has 0 fully saturated rings. The van der Waals surface area contributed by atoms with Crippen molar-refractivity contribution in [3.8, 4) is 0 Å². The zero-order valence-electron chi connectivity index (χ0n) is 16.1. The summed E-state index contributed by atoms with van der Waals surface area (Å²) in [5.41, 5.74) is 1.40. The van der Waals surface area contributed by atoms with Crippen LogP contribution < -0.4 is 5.32 Å². The molecule has 0 aliphatic heterocycles. The molecule has 2 aromatic rings. The topological polar surface area (TPSA) is 69.7 Å². The van der Waals surface area contributed by atoms with E-state index in [0.29, 0.717) is 10.7 Å². The van der Waals surface area contributed by atoms with Crippen LogP contribution in [0.25, 0.3) is 0 Å². The zero-order chi connectivity index (χ0) is 21.1. The number of sulfonamides is 1. The molecule has 9 heteroatoms. The highest BCUT2D eigenvalue weighted by Gasteiger charge is 2.22. The van der Waals surface area contributed by atoms with Crippen LogP contribution >= 0.6 is 23.2 Å². The summed E-state index contributed by atoms with van der Waals surface area (Å²) < 4.78 is 25.8. The Morgan fingerprint density at radius 3 is 2.25 bits per heavy atom. The molecule has 2 rings (SSSR count). The van der Waals surface area contributed by atoms with Crippen LogP contribution in [0.1, 0.15) is 18.5 Å². The highest BCUT2D eigenvalue weighted by Crippen LogP contribution is 2.27. The molecule has 0 aromatic heterocycles. The number of halogens is 2. The third kappa shape index (κ3) is 5.46. The Balaban J connectivity index is 2.09. The summed E-state index contributed by atoms with van der Waals surface area (Å²) in [7, 11) is 0.964. The Hall–Kier alpha value is -1.64. The number of nitrogens with one attached hydrogen (secondary N) is 1. The predicted molar refractivity (Wildman–Crippen MR) is 113 cm³/mol. The molecule has 0 aliphatic carbocycles. The molecule has 0 bridgehead atoms. The van der Waals surface area contributed by atoms with Crippen molar-refractivity contribution in [2.45, 2.75) is 17.9 Å². The highest BCUT2D eigenvalue weighted by atomic mass is 35.5. The van der Waals surface area contributed by atoms with Crippen molar-refractivity contribution in [1.29, 1.82) is 0 Å². The molecule has 2 aromatic carbocycles. The normalized spacial score (nSPS) is 13.0. The van der Waals surface area contributed by atoms with Crippen molar-refractivity contribution in [2.24, 2.45) is 0 Å². The molecule has 0 saturated heterocycles. The number of carbonyl (C=O) groups is 1. The second-order valence-corrected chi connectivity index (χ2v) is 9.59. The van der Waals surface area contributed by atoms with Crippen LogP contribution in [0.4, 0.5) is 5.69 Å². The average Bonchev–Trinajstić information content (AvgIpc) is 2.63. The summed E-state index contributed by atoms with van der Waals surface area (Å²) in [4.78, 5) is 14.3. The fourth-order valence-electron chi connectivity index (χ4n) is 2.54. The van der Waals surface area contributed by atoms with Crippen LogP contribution in [0, 0.1) is 0 Å². The number of likely N-dealkylation sites (N-methyl/N-ethyl adjacent to an activating group) is 1. The fourth-order valence-corrected chi connectivity index (χ4v) is 4.06. The van der Waals surface area contributed by atoms with Gasteiger partial charge in [0.05, 0.1) is 11.6 Å². The average molecular weight is 444 g/mol. The van der Waals surface area contributed by atoms with E-state index in [1.54, 1.807) is 6.07 Å². The van der Waals surface area contributed by atoms with E-state index in [2.05, 4.69) is 5.32 Å². The minimum Gasteiger partial charge on any atom is -0.325 e. The Kier molecular flexibility index (Phi) is 7.47. The van der Waals surface area contributed by atoms with Gasteiger partial charge in [-0.2, -0.15) is 0 Å². The molecule has 152 valence electrons. The first-order valence-corrected chi connectivity index (χ1v) is 10.7. The molecule has 1 amide bonds. The van der Waals surface area contributed by atoms with E-state index < -0.39 is 10.0 Å². The van der Waals surface area contributed by atoms with E-state index in [1.807, 2.05) is 43.1 Å². The summed E-state index contributed by atoms with van der Waals surface area (Å²) >= 11 is 11.9. The SMILES string of the molecule is CC(c1ccc(Cl)cc1)N(C)CC(=O)Nc1ccc(Cl)c(S(=O)(=O)N(C)C)c1. The van der Waals surface area contributed by atoms with E-state index in [0.717, 1.165) is 9.87 Å². The molecule has 0 saturated carbocycles. The quantitative estimate of drug-likeness (QED) is 0.704. The Morgan fingerprint density at radius 2 is 1.68 bits per heavy atom. The van der Waals surface area contributed by atoms with Crippen LogP contribution in [-0.4, -0.2) is 51.2 Å². The molecule has 0 heterocycles. The van der Waals surface area contributed by atoms with E-state index in [-0.39, 0.29) is 28.4 Å². The first kappa shape index (κ1) is 22.6. The summed E-state index contributed by atoms with van der Waals surface area (Å²) in [5, 5.41) is 3.48. The minimum atomic E-state index is -3.71. The van der Waals surface area contributed by atoms with Gasteiger partial charge < -0.3 is 5.32 Å². The second-order valence-electron chi connectivity index (χ2n) is 6.62. The molecule has 1 atom stereocenters. The summed E-state index contributed by atoms with van der Waals surface area (Å²) in [6.07, 6.45) is 0. The number of nitrogens with zero attached hydrogens (tertiary/aromatic N) is 2. The van der Waals surface area contributed by atoms with Crippen molar-refractivity contribution < 1.29 is 13.2 Å². The summed E-state index contributed by atoms with van der Waals surface area (Å²) in [5.74, 6) is -0.265. The number of anilines is 1. The fraction of sp³-hybridized carbons (Fsp3) is 0.316. The van der Waals surface area contributed by atoms with Gasteiger partial charge in [-0.15, -0.1) is 0 Å². The van der Waals surface area contributed by atoms with Gasteiger partial charge in [0.1, 0.15) is 4.90 Å². The first-order chi connectivity index (χ1) is 13.0. The Morgan fingerprint density at radius 1 is 1.07 bits per heavy atom. The third-order valence-corrected chi connectivity index (χ3v) is 6.93.